The van der Waals surface area contributed by atoms with Gasteiger partial charge in [0.25, 0.3) is 11.8 Å². The molecule has 2 amide bonds. The second-order valence-corrected chi connectivity index (χ2v) is 13.9. The van der Waals surface area contributed by atoms with Gasteiger partial charge in [0.2, 0.25) is 0 Å². The van der Waals surface area contributed by atoms with Gasteiger partial charge in [-0.2, -0.15) is 0 Å². The van der Waals surface area contributed by atoms with Gasteiger partial charge >= 0.3 is 121 Å². The van der Waals surface area contributed by atoms with Crippen LogP contribution in [0.25, 0.3) is 0 Å². The Morgan fingerprint density at radius 1 is 0.710 bits per heavy atom. The maximum atomic E-state index is 10.9. The number of benzene rings is 3. The Labute approximate surface area is 188 Å². The first-order valence-electron chi connectivity index (χ1n) is 9.78. The number of carboxylic acids is 1. The van der Waals surface area contributed by atoms with Crippen LogP contribution >= 0.6 is 0 Å². The summed E-state index contributed by atoms with van der Waals surface area (Å²) in [5.74, 6) is -2.67. The first-order valence-corrected chi connectivity index (χ1v) is 14.1. The van der Waals surface area contributed by atoms with Crippen molar-refractivity contribution < 1.29 is 19.5 Å². The predicted octanol–water partition coefficient (Wildman–Crippen LogP) is 0.253. The Kier molecular flexibility index (Phi) is 7.78. The molecule has 154 valence electrons. The molecule has 0 bridgehead atoms. The summed E-state index contributed by atoms with van der Waals surface area (Å²) >= 11 is -1.98. The van der Waals surface area contributed by atoms with Crippen LogP contribution in [-0.2, 0) is 14.4 Å². The van der Waals surface area contributed by atoms with Crippen molar-refractivity contribution in [3.05, 3.63) is 103 Å². The van der Waals surface area contributed by atoms with E-state index in [4.69, 9.17) is 0 Å². The van der Waals surface area contributed by atoms with Gasteiger partial charge < -0.3 is 9.90 Å². The van der Waals surface area contributed by atoms with Crippen molar-refractivity contribution in [2.45, 2.75) is 13.0 Å². The molecule has 0 unspecified atom stereocenters. The van der Waals surface area contributed by atoms with Crippen molar-refractivity contribution >= 4 is 48.3 Å². The number of carbonyl (C=O) groups is 3. The fourth-order valence-corrected chi connectivity index (χ4v) is 10.6. The van der Waals surface area contributed by atoms with E-state index in [9.17, 15) is 19.5 Å². The van der Waals surface area contributed by atoms with Crippen LogP contribution in [0.1, 0.15) is 6.92 Å². The van der Waals surface area contributed by atoms with E-state index in [1.807, 2.05) is 0 Å². The topological polar surface area (TPSA) is 77.5 Å². The minimum atomic E-state index is -1.98. The molecule has 0 spiro atoms. The van der Waals surface area contributed by atoms with Crippen LogP contribution in [0.4, 0.5) is 0 Å². The Hall–Kier alpha value is -3.19. The van der Waals surface area contributed by atoms with Crippen molar-refractivity contribution in [2.75, 3.05) is 0 Å². The van der Waals surface area contributed by atoms with Crippen molar-refractivity contribution in [1.29, 1.82) is 0 Å². The van der Waals surface area contributed by atoms with Gasteiger partial charge in [-0.3, -0.25) is 14.5 Å². The predicted molar refractivity (Wildman–Crippen MR) is 119 cm³/mol. The number of nitrogens with zero attached hydrogens (tertiary/aromatic N) is 1. The summed E-state index contributed by atoms with van der Waals surface area (Å²) in [5, 5.41) is 10.3. The molecular formula is C25H21NO4Sn. The van der Waals surface area contributed by atoms with Crippen LogP contribution < -0.4 is 15.8 Å². The number of hydrogen-bond donors (Lipinski definition) is 0. The standard InChI is InChI=1S/C7H7NO4.3C6H5.Sn/c1-4(7(11)12)8-5(9)2-3-6(8)10;3*1-2-4-6-5-3-1;/h2-4H,1H3,(H,11,12);3*1-5H;/q;;;;+1/p-1/t4-;;;;/m0..../s1. The second kappa shape index (κ2) is 10.7. The molecule has 0 aliphatic carbocycles. The van der Waals surface area contributed by atoms with Crippen LogP contribution in [0.5, 0.6) is 0 Å². The molecular weight excluding hydrogens is 497 g/mol. The number of rotatable bonds is 5. The molecule has 0 saturated carbocycles. The number of hydrogen-bond acceptors (Lipinski definition) is 4. The normalized spacial score (nSPS) is 13.4. The zero-order valence-corrected chi connectivity index (χ0v) is 19.8. The van der Waals surface area contributed by atoms with Gasteiger partial charge in [0.05, 0.1) is 12.0 Å². The molecule has 1 atom stereocenters. The average molecular weight is 518 g/mol. The molecule has 0 saturated heterocycles. The Balaban J connectivity index is 0.000000196. The fourth-order valence-electron chi connectivity index (χ4n) is 3.21. The van der Waals surface area contributed by atoms with E-state index < -0.39 is 43.6 Å². The first kappa shape index (κ1) is 22.5. The molecule has 0 fully saturated rings. The molecule has 1 aliphatic heterocycles. The van der Waals surface area contributed by atoms with E-state index in [0.29, 0.717) is 4.90 Å². The number of carboxylic acid groups (broad SMARTS) is 1. The fraction of sp³-hybridized carbons (Fsp3) is 0.0800. The van der Waals surface area contributed by atoms with Crippen LogP contribution in [0.3, 0.4) is 0 Å². The summed E-state index contributed by atoms with van der Waals surface area (Å²) in [5.41, 5.74) is 0. The third kappa shape index (κ3) is 5.70. The van der Waals surface area contributed by atoms with Crippen molar-refractivity contribution in [3.63, 3.8) is 0 Å². The zero-order chi connectivity index (χ0) is 22.2. The molecule has 0 aromatic heterocycles. The average Bonchev–Trinajstić information content (AvgIpc) is 3.14. The third-order valence-corrected chi connectivity index (χ3v) is 12.6. The Bertz CT molecular complexity index is 957. The first-order chi connectivity index (χ1) is 15.0. The van der Waals surface area contributed by atoms with Crippen LogP contribution in [0.15, 0.2) is 103 Å². The van der Waals surface area contributed by atoms with E-state index in [1.54, 1.807) is 0 Å². The molecule has 4 rings (SSSR count). The van der Waals surface area contributed by atoms with Gasteiger partial charge in [-0.25, -0.2) is 0 Å². The summed E-state index contributed by atoms with van der Waals surface area (Å²) in [4.78, 5) is 32.6. The number of amides is 2. The zero-order valence-electron chi connectivity index (χ0n) is 17.0. The van der Waals surface area contributed by atoms with Crippen LogP contribution in [0, 0.1) is 0 Å². The van der Waals surface area contributed by atoms with E-state index in [1.165, 1.54) is 17.7 Å². The van der Waals surface area contributed by atoms with E-state index in [2.05, 4.69) is 91.0 Å². The second-order valence-electron chi connectivity index (χ2n) is 6.85. The van der Waals surface area contributed by atoms with E-state index >= 15 is 0 Å². The third-order valence-electron chi connectivity index (χ3n) is 4.76. The molecule has 0 radical (unpaired) electrons. The summed E-state index contributed by atoms with van der Waals surface area (Å²) in [6.07, 6.45) is 2.06. The SMILES string of the molecule is C[C@@H](C(=O)[O-])N1C(=O)C=CC1=O.c1cc[c]([Sn+]([c]2ccccc2)[c]2ccccc2)cc1. The van der Waals surface area contributed by atoms with Crippen molar-refractivity contribution in [1.82, 2.24) is 4.90 Å². The number of imide groups is 1. The molecule has 5 nitrogen and oxygen atoms in total. The Morgan fingerprint density at radius 2 is 1.03 bits per heavy atom. The molecule has 6 heteroatoms. The summed E-state index contributed by atoms with van der Waals surface area (Å²) in [6.45, 7) is 1.22. The summed E-state index contributed by atoms with van der Waals surface area (Å²) in [6, 6.07) is 31.7. The van der Waals surface area contributed by atoms with Gasteiger partial charge in [0, 0.05) is 12.2 Å². The van der Waals surface area contributed by atoms with Gasteiger partial charge in [-0.15, -0.1) is 0 Å². The Morgan fingerprint density at radius 3 is 1.32 bits per heavy atom. The number of aliphatic carboxylic acids is 1. The van der Waals surface area contributed by atoms with Gasteiger partial charge in [-0.05, 0) is 6.92 Å². The maximum absolute atomic E-state index is 10.9. The molecule has 0 N–H and O–H groups in total. The summed E-state index contributed by atoms with van der Waals surface area (Å²) in [7, 11) is 0. The monoisotopic (exact) mass is 519 g/mol. The van der Waals surface area contributed by atoms with Crippen molar-refractivity contribution in [3.8, 4) is 0 Å². The molecule has 3 aromatic rings. The van der Waals surface area contributed by atoms with Gasteiger partial charge in [0.1, 0.15) is 0 Å². The van der Waals surface area contributed by atoms with Gasteiger partial charge in [-0.1, -0.05) is 0 Å². The summed E-state index contributed by atoms with van der Waals surface area (Å²) < 4.78 is 4.59. The minimum absolute atomic E-state index is 0.614. The molecule has 1 heterocycles. The quantitative estimate of drug-likeness (QED) is 0.359. The molecule has 1 aliphatic rings. The van der Waals surface area contributed by atoms with E-state index in [0.717, 1.165) is 12.2 Å². The number of carbonyl (C=O) groups excluding carboxylic acids is 3. The van der Waals surface area contributed by atoms with Crippen molar-refractivity contribution in [2.24, 2.45) is 0 Å². The molecule has 31 heavy (non-hydrogen) atoms. The van der Waals surface area contributed by atoms with Crippen LogP contribution in [0.2, 0.25) is 0 Å². The molecule has 3 aromatic carbocycles. The van der Waals surface area contributed by atoms with E-state index in [-0.39, 0.29) is 0 Å². The van der Waals surface area contributed by atoms with Gasteiger partial charge in [0.15, 0.2) is 0 Å². The van der Waals surface area contributed by atoms with Crippen LogP contribution in [-0.4, -0.2) is 48.5 Å².